The second-order valence-corrected chi connectivity index (χ2v) is 6.47. The maximum Gasteiger partial charge on any atom is 0.543 e. The third-order valence-electron chi connectivity index (χ3n) is 4.31. The first-order chi connectivity index (χ1) is 11.5. The highest BCUT2D eigenvalue weighted by Crippen LogP contribution is 2.26. The van der Waals surface area contributed by atoms with E-state index in [2.05, 4.69) is 28.7 Å². The van der Waals surface area contributed by atoms with Crippen molar-refractivity contribution >= 4 is 12.1 Å². The van der Waals surface area contributed by atoms with E-state index >= 15 is 0 Å². The summed E-state index contributed by atoms with van der Waals surface area (Å²) in [6, 6.07) is 6.92. The van der Waals surface area contributed by atoms with Gasteiger partial charge in [-0.3, -0.25) is 4.89 Å². The molecule has 0 N–H and O–H groups in total. The first-order valence-corrected chi connectivity index (χ1v) is 8.33. The minimum atomic E-state index is -1.00. The minimum Gasteiger partial charge on any atom is -0.429 e. The van der Waals surface area contributed by atoms with Crippen LogP contribution in [0, 0.1) is 5.92 Å². The van der Waals surface area contributed by atoms with E-state index < -0.39 is 12.1 Å². The lowest BCUT2D eigenvalue weighted by molar-refractivity contribution is -0.453. The zero-order valence-corrected chi connectivity index (χ0v) is 14.3. The van der Waals surface area contributed by atoms with E-state index in [0.29, 0.717) is 11.5 Å². The van der Waals surface area contributed by atoms with Crippen LogP contribution >= 0.6 is 0 Å². The normalized spacial score (nSPS) is 20.5. The Bertz CT molecular complexity index is 551. The molecule has 2 rings (SSSR count). The van der Waals surface area contributed by atoms with E-state index in [-0.39, 0.29) is 12.0 Å². The first kappa shape index (κ1) is 18.3. The van der Waals surface area contributed by atoms with E-state index in [4.69, 9.17) is 4.74 Å². The fraction of sp³-hybridized carbons (Fsp3) is 0.556. The van der Waals surface area contributed by atoms with Crippen LogP contribution in [0.2, 0.25) is 0 Å². The van der Waals surface area contributed by atoms with Crippen LogP contribution in [0.25, 0.3) is 0 Å². The third-order valence-corrected chi connectivity index (χ3v) is 4.31. The molecule has 0 spiro atoms. The van der Waals surface area contributed by atoms with Crippen LogP contribution in [0.1, 0.15) is 68.3 Å². The average Bonchev–Trinajstić information content (AvgIpc) is 2.57. The molecule has 0 bridgehead atoms. The molecular weight excluding hydrogens is 312 g/mol. The Labute approximate surface area is 141 Å². The second kappa shape index (κ2) is 8.68. The van der Waals surface area contributed by atoms with Crippen LogP contribution in [0.3, 0.4) is 0 Å². The molecule has 2 unspecified atom stereocenters. The molecule has 6 heteroatoms. The number of hydrogen-bond acceptors (Lipinski definition) is 6. The number of hydrogen-bond donors (Lipinski definition) is 0. The smallest absolute Gasteiger partial charge is 0.429 e. The molecule has 24 heavy (non-hydrogen) atoms. The Morgan fingerprint density at radius 3 is 2.33 bits per heavy atom. The molecule has 1 fully saturated rings. The summed E-state index contributed by atoms with van der Waals surface area (Å²) in [4.78, 5) is 32.1. The number of carbonyl (C=O) groups excluding carboxylic acids is 2. The number of rotatable bonds is 5. The van der Waals surface area contributed by atoms with Crippen molar-refractivity contribution in [2.24, 2.45) is 5.92 Å². The van der Waals surface area contributed by atoms with Crippen molar-refractivity contribution in [2.45, 2.75) is 58.5 Å². The Balaban J connectivity index is 1.72. The van der Waals surface area contributed by atoms with Gasteiger partial charge >= 0.3 is 12.1 Å². The maximum atomic E-state index is 11.8. The highest BCUT2D eigenvalue weighted by atomic mass is 17.5. The van der Waals surface area contributed by atoms with E-state index in [9.17, 15) is 9.59 Å². The molecule has 0 radical (unpaired) electrons. The zero-order chi connectivity index (χ0) is 17.5. The SMILES string of the molecule is CC(C)c1ccc(C(=O)OOOC(=O)OC2CCCCC2C)cc1. The van der Waals surface area contributed by atoms with Crippen LogP contribution in [0.15, 0.2) is 24.3 Å². The van der Waals surface area contributed by atoms with Crippen LogP contribution in [-0.2, 0) is 19.6 Å². The third kappa shape index (κ3) is 5.23. The molecule has 1 saturated carbocycles. The molecule has 1 aliphatic rings. The van der Waals surface area contributed by atoms with Crippen molar-refractivity contribution in [3.05, 3.63) is 35.4 Å². The van der Waals surface area contributed by atoms with Gasteiger partial charge in [0.05, 0.1) is 10.6 Å². The minimum absolute atomic E-state index is 0.186. The fourth-order valence-corrected chi connectivity index (χ4v) is 2.73. The molecule has 6 nitrogen and oxygen atoms in total. The summed E-state index contributed by atoms with van der Waals surface area (Å²) in [6.07, 6.45) is 2.79. The van der Waals surface area contributed by atoms with Gasteiger partial charge in [0.2, 0.25) is 0 Å². The van der Waals surface area contributed by atoms with E-state index in [1.54, 1.807) is 12.1 Å². The number of benzene rings is 1. The van der Waals surface area contributed by atoms with Crippen molar-refractivity contribution in [1.29, 1.82) is 0 Å². The van der Waals surface area contributed by atoms with Gasteiger partial charge in [0.1, 0.15) is 6.10 Å². The topological polar surface area (TPSA) is 71.1 Å². The molecule has 0 heterocycles. The molecule has 2 atom stereocenters. The molecule has 1 aromatic rings. The Kier molecular flexibility index (Phi) is 6.61. The van der Waals surface area contributed by atoms with E-state index in [0.717, 1.165) is 31.2 Å². The quantitative estimate of drug-likeness (QED) is 0.446. The zero-order valence-electron chi connectivity index (χ0n) is 14.3. The molecular formula is C18H24O6. The summed E-state index contributed by atoms with van der Waals surface area (Å²) < 4.78 is 5.16. The van der Waals surface area contributed by atoms with Crippen molar-refractivity contribution in [2.75, 3.05) is 0 Å². The van der Waals surface area contributed by atoms with Gasteiger partial charge in [0.25, 0.3) is 0 Å². The summed E-state index contributed by atoms with van der Waals surface area (Å²) in [5.74, 6) is -0.0935. The Hall–Kier alpha value is -2.08. The van der Waals surface area contributed by atoms with Gasteiger partial charge in [-0.1, -0.05) is 39.3 Å². The van der Waals surface area contributed by atoms with Crippen molar-refractivity contribution in [3.8, 4) is 0 Å². The summed E-state index contributed by atoms with van der Waals surface area (Å²) in [5.41, 5.74) is 1.41. The van der Waals surface area contributed by atoms with Gasteiger partial charge in [-0.25, -0.2) is 14.5 Å². The average molecular weight is 336 g/mol. The van der Waals surface area contributed by atoms with E-state index in [1.807, 2.05) is 19.1 Å². The summed E-state index contributed by atoms with van der Waals surface area (Å²) in [7, 11) is 0. The largest absolute Gasteiger partial charge is 0.543 e. The van der Waals surface area contributed by atoms with Gasteiger partial charge in [-0.15, -0.1) is 0 Å². The lowest BCUT2D eigenvalue weighted by Gasteiger charge is -2.27. The standard InChI is InChI=1S/C18H24O6/c1-12(2)14-8-10-15(11-9-14)17(19)22-24-23-18(20)21-16-7-5-4-6-13(16)3/h8-13,16H,4-7H2,1-3H3. The van der Waals surface area contributed by atoms with Gasteiger partial charge < -0.3 is 4.74 Å². The molecule has 1 aliphatic carbocycles. The van der Waals surface area contributed by atoms with Crippen LogP contribution in [0.4, 0.5) is 4.79 Å². The Morgan fingerprint density at radius 2 is 1.71 bits per heavy atom. The van der Waals surface area contributed by atoms with Crippen molar-refractivity contribution in [3.63, 3.8) is 0 Å². The van der Waals surface area contributed by atoms with E-state index in [1.165, 1.54) is 0 Å². The van der Waals surface area contributed by atoms with Gasteiger partial charge in [0, 0.05) is 0 Å². The molecule has 1 aromatic carbocycles. The summed E-state index contributed by atoms with van der Waals surface area (Å²) in [5, 5.41) is 4.24. The Morgan fingerprint density at radius 1 is 1.04 bits per heavy atom. The second-order valence-electron chi connectivity index (χ2n) is 6.47. The van der Waals surface area contributed by atoms with Gasteiger partial charge in [0.15, 0.2) is 0 Å². The van der Waals surface area contributed by atoms with Crippen molar-refractivity contribution < 1.29 is 29.1 Å². The predicted molar refractivity (Wildman–Crippen MR) is 86.0 cm³/mol. The monoisotopic (exact) mass is 336 g/mol. The summed E-state index contributed by atoms with van der Waals surface area (Å²) in [6.45, 7) is 6.14. The van der Waals surface area contributed by atoms with Crippen LogP contribution in [-0.4, -0.2) is 18.2 Å². The van der Waals surface area contributed by atoms with Gasteiger partial charge in [-0.2, -0.15) is 0 Å². The van der Waals surface area contributed by atoms with Crippen LogP contribution < -0.4 is 0 Å². The van der Waals surface area contributed by atoms with Gasteiger partial charge in [-0.05, 0) is 48.8 Å². The number of ether oxygens (including phenoxy) is 1. The van der Waals surface area contributed by atoms with Crippen LogP contribution in [0.5, 0.6) is 0 Å². The highest BCUT2D eigenvalue weighted by Gasteiger charge is 2.26. The lowest BCUT2D eigenvalue weighted by Crippen LogP contribution is -2.28. The first-order valence-electron chi connectivity index (χ1n) is 8.33. The lowest BCUT2D eigenvalue weighted by atomic mass is 9.88. The molecule has 0 amide bonds. The summed E-state index contributed by atoms with van der Waals surface area (Å²) >= 11 is 0. The fourth-order valence-electron chi connectivity index (χ4n) is 2.73. The highest BCUT2D eigenvalue weighted by molar-refractivity contribution is 5.88. The number of carbonyl (C=O) groups is 2. The maximum absolute atomic E-state index is 11.8. The molecule has 0 saturated heterocycles. The molecule has 0 aliphatic heterocycles. The van der Waals surface area contributed by atoms with Crippen molar-refractivity contribution in [1.82, 2.24) is 0 Å². The molecule has 132 valence electrons. The predicted octanol–water partition coefficient (Wildman–Crippen LogP) is 4.55. The molecule has 0 aromatic heterocycles.